The summed E-state index contributed by atoms with van der Waals surface area (Å²) in [5.41, 5.74) is 0. The summed E-state index contributed by atoms with van der Waals surface area (Å²) in [4.78, 5) is 44.2. The average molecular weight is 340 g/mol. The molecule has 0 rings (SSSR count). The lowest BCUT2D eigenvalue weighted by atomic mass is 10.4. The van der Waals surface area contributed by atoms with Crippen molar-refractivity contribution in [2.75, 3.05) is 11.9 Å². The minimum atomic E-state index is -2.30. The number of hydrogen-bond acceptors (Lipinski definition) is 7. The van der Waals surface area contributed by atoms with Gasteiger partial charge in [0.1, 0.15) is 6.54 Å². The van der Waals surface area contributed by atoms with Crippen LogP contribution in [0.3, 0.4) is 0 Å². The van der Waals surface area contributed by atoms with Crippen LogP contribution in [0.25, 0.3) is 0 Å². The summed E-state index contributed by atoms with van der Waals surface area (Å²) in [5.74, 6) is -5.33. The Kier molecular flexibility index (Phi) is 7.05. The highest BCUT2D eigenvalue weighted by molar-refractivity contribution is 9.09. The first kappa shape index (κ1) is 17.4. The van der Waals surface area contributed by atoms with E-state index in [1.807, 2.05) is 0 Å². The Hall–Kier alpha value is -1.64. The molecule has 0 radical (unpaired) electrons. The van der Waals surface area contributed by atoms with Gasteiger partial charge in [0, 0.05) is 20.8 Å². The molecule has 1 N–H and O–H groups in total. The first-order valence-corrected chi connectivity index (χ1v) is 6.24. The van der Waals surface area contributed by atoms with Crippen molar-refractivity contribution in [2.45, 2.75) is 26.7 Å². The fourth-order valence-corrected chi connectivity index (χ4v) is 1.28. The van der Waals surface area contributed by atoms with Gasteiger partial charge in [-0.1, -0.05) is 15.9 Å². The van der Waals surface area contributed by atoms with Gasteiger partial charge < -0.3 is 19.5 Å². The molecule has 0 unspecified atom stereocenters. The van der Waals surface area contributed by atoms with Crippen molar-refractivity contribution < 1.29 is 33.4 Å². The normalized spacial score (nSPS) is 10.3. The van der Waals surface area contributed by atoms with Gasteiger partial charge in [0.15, 0.2) is 0 Å². The van der Waals surface area contributed by atoms with E-state index in [9.17, 15) is 19.2 Å². The second-order valence-corrected chi connectivity index (χ2v) is 3.94. The van der Waals surface area contributed by atoms with Crippen LogP contribution in [0.1, 0.15) is 20.8 Å². The minimum Gasteiger partial charge on any atom is -0.387 e. The number of halogens is 1. The largest absolute Gasteiger partial charge is 0.442 e. The van der Waals surface area contributed by atoms with E-state index in [0.717, 1.165) is 20.8 Å². The zero-order valence-electron chi connectivity index (χ0n) is 10.6. The Morgan fingerprint density at radius 1 is 0.947 bits per heavy atom. The second-order valence-electron chi connectivity index (χ2n) is 3.37. The van der Waals surface area contributed by atoms with E-state index in [1.54, 1.807) is 0 Å². The monoisotopic (exact) mass is 339 g/mol. The molecule has 0 saturated carbocycles. The van der Waals surface area contributed by atoms with Crippen LogP contribution in [0.5, 0.6) is 0 Å². The van der Waals surface area contributed by atoms with Crippen molar-refractivity contribution in [3.8, 4) is 0 Å². The molecule has 0 aliphatic heterocycles. The molecule has 0 bridgehead atoms. The van der Waals surface area contributed by atoms with E-state index >= 15 is 0 Å². The van der Waals surface area contributed by atoms with Gasteiger partial charge in [0.25, 0.3) is 0 Å². The van der Waals surface area contributed by atoms with Gasteiger partial charge in [-0.2, -0.15) is 0 Å². The molecule has 0 aromatic carbocycles. The Morgan fingerprint density at radius 2 is 1.32 bits per heavy atom. The van der Waals surface area contributed by atoms with Gasteiger partial charge in [-0.25, -0.2) is 0 Å². The summed E-state index contributed by atoms with van der Waals surface area (Å²) in [5, 5.41) is 2.25. The molecule has 9 heteroatoms. The number of ether oxygens (including phenoxy) is 3. The molecule has 0 aliphatic carbocycles. The molecule has 8 nitrogen and oxygen atoms in total. The highest BCUT2D eigenvalue weighted by atomic mass is 79.9. The zero-order valence-corrected chi connectivity index (χ0v) is 12.2. The molecule has 0 fully saturated rings. The lowest BCUT2D eigenvalue weighted by molar-refractivity contribution is -0.323. The van der Waals surface area contributed by atoms with E-state index in [1.165, 1.54) is 0 Å². The smallest absolute Gasteiger partial charge is 0.387 e. The van der Waals surface area contributed by atoms with Crippen LogP contribution >= 0.6 is 15.9 Å². The van der Waals surface area contributed by atoms with Gasteiger partial charge in [0.2, 0.25) is 5.91 Å². The molecule has 108 valence electrons. The molecular formula is C10H14BrNO7. The van der Waals surface area contributed by atoms with Gasteiger partial charge >= 0.3 is 23.9 Å². The van der Waals surface area contributed by atoms with Gasteiger partial charge in [0.05, 0.1) is 5.33 Å². The van der Waals surface area contributed by atoms with Crippen LogP contribution in [0.15, 0.2) is 0 Å². The van der Waals surface area contributed by atoms with Crippen LogP contribution in [0, 0.1) is 0 Å². The number of nitrogens with one attached hydrogen (secondary N) is 1. The number of carbonyl (C=O) groups is 4. The molecule has 0 atom stereocenters. The van der Waals surface area contributed by atoms with Crippen LogP contribution in [-0.2, 0) is 33.4 Å². The molecule has 0 saturated heterocycles. The Labute approximate surface area is 117 Å². The van der Waals surface area contributed by atoms with Crippen molar-refractivity contribution in [1.29, 1.82) is 0 Å². The quantitative estimate of drug-likeness (QED) is 0.407. The van der Waals surface area contributed by atoms with Gasteiger partial charge in [-0.05, 0) is 0 Å². The molecule has 19 heavy (non-hydrogen) atoms. The summed E-state index contributed by atoms with van der Waals surface area (Å²) in [6.07, 6.45) is 0. The van der Waals surface area contributed by atoms with E-state index in [0.29, 0.717) is 0 Å². The number of alkyl halides is 1. The lowest BCUT2D eigenvalue weighted by Crippen LogP contribution is -2.52. The highest BCUT2D eigenvalue weighted by Gasteiger charge is 2.42. The van der Waals surface area contributed by atoms with Gasteiger partial charge in [-0.15, -0.1) is 0 Å². The number of esters is 3. The molecule has 1 amide bonds. The van der Waals surface area contributed by atoms with Crippen molar-refractivity contribution in [2.24, 2.45) is 0 Å². The maximum absolute atomic E-state index is 11.1. The van der Waals surface area contributed by atoms with Crippen LogP contribution < -0.4 is 5.32 Å². The zero-order chi connectivity index (χ0) is 15.1. The fraction of sp³-hybridized carbons (Fsp3) is 0.600. The third-order valence-corrected chi connectivity index (χ3v) is 2.03. The van der Waals surface area contributed by atoms with Crippen LogP contribution in [-0.4, -0.2) is 41.7 Å². The van der Waals surface area contributed by atoms with Crippen LogP contribution in [0.4, 0.5) is 0 Å². The van der Waals surface area contributed by atoms with E-state index in [4.69, 9.17) is 14.2 Å². The number of hydrogen-bond donors (Lipinski definition) is 1. The average Bonchev–Trinajstić information content (AvgIpc) is 2.22. The van der Waals surface area contributed by atoms with E-state index < -0.39 is 36.3 Å². The Morgan fingerprint density at radius 3 is 1.58 bits per heavy atom. The molecule has 0 aromatic heterocycles. The molecular weight excluding hydrogens is 326 g/mol. The maximum Gasteiger partial charge on any atom is 0.442 e. The fourth-order valence-electron chi connectivity index (χ4n) is 1.08. The SMILES string of the molecule is CC(=O)OC(CNC(=O)CBr)(OC(C)=O)OC(C)=O. The Bertz CT molecular complexity index is 341. The van der Waals surface area contributed by atoms with Crippen molar-refractivity contribution >= 4 is 39.7 Å². The minimum absolute atomic E-state index is 0.0245. The topological polar surface area (TPSA) is 108 Å². The van der Waals surface area contributed by atoms with E-state index in [2.05, 4.69) is 21.2 Å². The summed E-state index contributed by atoms with van der Waals surface area (Å²) >= 11 is 2.90. The molecule has 0 aromatic rings. The maximum atomic E-state index is 11.1. The Balaban J connectivity index is 5.08. The first-order chi connectivity index (χ1) is 8.70. The van der Waals surface area contributed by atoms with Crippen molar-refractivity contribution in [3.63, 3.8) is 0 Å². The summed E-state index contributed by atoms with van der Waals surface area (Å²) in [6.45, 7) is 2.59. The summed E-state index contributed by atoms with van der Waals surface area (Å²) < 4.78 is 14.1. The predicted molar refractivity (Wildman–Crippen MR) is 64.8 cm³/mol. The van der Waals surface area contributed by atoms with Crippen molar-refractivity contribution in [3.05, 3.63) is 0 Å². The summed E-state index contributed by atoms with van der Waals surface area (Å²) in [7, 11) is 0. The van der Waals surface area contributed by atoms with E-state index in [-0.39, 0.29) is 5.33 Å². The van der Waals surface area contributed by atoms with Crippen LogP contribution in [0.2, 0.25) is 0 Å². The molecule has 0 heterocycles. The first-order valence-electron chi connectivity index (χ1n) is 5.12. The third-order valence-electron chi connectivity index (χ3n) is 1.52. The second kappa shape index (κ2) is 7.72. The van der Waals surface area contributed by atoms with Crippen molar-refractivity contribution in [1.82, 2.24) is 5.32 Å². The number of rotatable bonds is 6. The highest BCUT2D eigenvalue weighted by Crippen LogP contribution is 2.16. The number of carbonyl (C=O) groups excluding carboxylic acids is 4. The number of amides is 1. The molecule has 0 spiro atoms. The molecule has 0 aliphatic rings. The van der Waals surface area contributed by atoms with Gasteiger partial charge in [-0.3, -0.25) is 19.2 Å². The summed E-state index contributed by atoms with van der Waals surface area (Å²) in [6, 6.07) is 0. The lowest BCUT2D eigenvalue weighted by Gasteiger charge is -2.30. The third kappa shape index (κ3) is 7.39. The predicted octanol–water partition coefficient (Wildman–Crippen LogP) is -0.159. The standard InChI is InChI=1S/C10H14BrNO7/c1-6(13)17-10(18-7(2)14,19-8(3)15)5-12-9(16)4-11/h4-5H2,1-3H3,(H,12,16).